The van der Waals surface area contributed by atoms with E-state index in [1.54, 1.807) is 0 Å². The Morgan fingerprint density at radius 2 is 1.90 bits per heavy atom. The molecule has 2 heterocycles. The molecule has 0 saturated carbocycles. The van der Waals surface area contributed by atoms with E-state index in [0.29, 0.717) is 0 Å². The van der Waals surface area contributed by atoms with Crippen molar-refractivity contribution in [1.29, 1.82) is 0 Å². The van der Waals surface area contributed by atoms with E-state index in [0.717, 1.165) is 24.2 Å². The van der Waals surface area contributed by atoms with E-state index in [2.05, 4.69) is 48.3 Å². The van der Waals surface area contributed by atoms with Crippen LogP contribution in [-0.4, -0.2) is 24.6 Å². The summed E-state index contributed by atoms with van der Waals surface area (Å²) < 4.78 is 0. The molecular weight excluding hydrogens is 258 g/mol. The van der Waals surface area contributed by atoms with E-state index in [1.165, 1.54) is 49.1 Å². The van der Waals surface area contributed by atoms with Crippen LogP contribution in [-0.2, 0) is 6.42 Å². The molecule has 1 aliphatic rings. The van der Waals surface area contributed by atoms with Gasteiger partial charge in [-0.3, -0.25) is 4.98 Å². The van der Waals surface area contributed by atoms with Gasteiger partial charge in [-0.1, -0.05) is 6.92 Å². The highest BCUT2D eigenvalue weighted by Crippen LogP contribution is 2.29. The van der Waals surface area contributed by atoms with E-state index in [4.69, 9.17) is 4.98 Å². The highest BCUT2D eigenvalue weighted by molar-refractivity contribution is 5.94. The Balaban J connectivity index is 2.04. The van der Waals surface area contributed by atoms with E-state index in [9.17, 15) is 0 Å². The van der Waals surface area contributed by atoms with Crippen LogP contribution in [0.2, 0.25) is 0 Å². The Bertz CT molecular complexity index is 615. The van der Waals surface area contributed by atoms with E-state index in [1.807, 2.05) is 0 Å². The van der Waals surface area contributed by atoms with Crippen molar-refractivity contribution in [3.05, 3.63) is 30.0 Å². The summed E-state index contributed by atoms with van der Waals surface area (Å²) in [6.45, 7) is 7.61. The molecule has 21 heavy (non-hydrogen) atoms. The number of aromatic nitrogens is 1. The topological polar surface area (TPSA) is 28.2 Å². The van der Waals surface area contributed by atoms with Crippen LogP contribution >= 0.6 is 0 Å². The van der Waals surface area contributed by atoms with Gasteiger partial charge in [0.1, 0.15) is 0 Å². The fourth-order valence-electron chi connectivity index (χ4n) is 3.14. The molecule has 0 atom stereocenters. The first kappa shape index (κ1) is 14.2. The van der Waals surface area contributed by atoms with Gasteiger partial charge in [0.05, 0.1) is 5.52 Å². The average molecular weight is 283 g/mol. The number of fused-ring (bicyclic) bond motifs is 1. The van der Waals surface area contributed by atoms with Crippen molar-refractivity contribution in [1.82, 2.24) is 4.98 Å². The van der Waals surface area contributed by atoms with Crippen molar-refractivity contribution in [3.63, 3.8) is 0 Å². The predicted octanol–water partition coefficient (Wildman–Crippen LogP) is 4.22. The summed E-state index contributed by atoms with van der Waals surface area (Å²) in [5, 5.41) is 4.74. The SMILES string of the molecule is CCNc1cc(CC)nc2ccc(N3CCCCC3)cc12. The molecule has 1 aliphatic heterocycles. The maximum absolute atomic E-state index is 4.76. The Morgan fingerprint density at radius 3 is 2.62 bits per heavy atom. The number of anilines is 2. The highest BCUT2D eigenvalue weighted by atomic mass is 15.1. The maximum atomic E-state index is 4.76. The molecule has 0 bridgehead atoms. The molecule has 2 aromatic rings. The van der Waals surface area contributed by atoms with Crippen molar-refractivity contribution in [3.8, 4) is 0 Å². The number of rotatable bonds is 4. The van der Waals surface area contributed by atoms with Gasteiger partial charge in [-0.25, -0.2) is 0 Å². The largest absolute Gasteiger partial charge is 0.385 e. The van der Waals surface area contributed by atoms with Crippen molar-refractivity contribution < 1.29 is 0 Å². The van der Waals surface area contributed by atoms with Gasteiger partial charge in [0.2, 0.25) is 0 Å². The average Bonchev–Trinajstić information content (AvgIpc) is 2.55. The van der Waals surface area contributed by atoms with Crippen LogP contribution in [0.1, 0.15) is 38.8 Å². The number of pyridine rings is 1. The van der Waals surface area contributed by atoms with Crippen LogP contribution in [0, 0.1) is 0 Å². The first-order valence-corrected chi connectivity index (χ1v) is 8.24. The normalized spacial score (nSPS) is 15.4. The molecule has 112 valence electrons. The van der Waals surface area contributed by atoms with Crippen molar-refractivity contribution in [2.75, 3.05) is 29.9 Å². The lowest BCUT2D eigenvalue weighted by Crippen LogP contribution is -2.29. The van der Waals surface area contributed by atoms with E-state index >= 15 is 0 Å². The van der Waals surface area contributed by atoms with Crippen molar-refractivity contribution in [2.24, 2.45) is 0 Å². The molecule has 1 aromatic heterocycles. The highest BCUT2D eigenvalue weighted by Gasteiger charge is 2.13. The predicted molar refractivity (Wildman–Crippen MR) is 91.3 cm³/mol. The van der Waals surface area contributed by atoms with Gasteiger partial charge in [0.25, 0.3) is 0 Å². The molecule has 0 unspecified atom stereocenters. The molecule has 0 amide bonds. The van der Waals surface area contributed by atoms with Crippen LogP contribution in [0.4, 0.5) is 11.4 Å². The molecule has 0 radical (unpaired) electrons. The number of piperidine rings is 1. The zero-order valence-corrected chi connectivity index (χ0v) is 13.2. The summed E-state index contributed by atoms with van der Waals surface area (Å²) in [4.78, 5) is 7.27. The number of aryl methyl sites for hydroxylation is 1. The number of hydrogen-bond acceptors (Lipinski definition) is 3. The molecular formula is C18H25N3. The summed E-state index contributed by atoms with van der Waals surface area (Å²) in [7, 11) is 0. The van der Waals surface area contributed by atoms with Gasteiger partial charge >= 0.3 is 0 Å². The summed E-state index contributed by atoms with van der Waals surface area (Å²) >= 11 is 0. The lowest BCUT2D eigenvalue weighted by Gasteiger charge is -2.29. The van der Waals surface area contributed by atoms with Gasteiger partial charge in [-0.05, 0) is 56.9 Å². The van der Waals surface area contributed by atoms with Crippen LogP contribution in [0.15, 0.2) is 24.3 Å². The van der Waals surface area contributed by atoms with E-state index in [-0.39, 0.29) is 0 Å². The second kappa shape index (κ2) is 6.33. The van der Waals surface area contributed by atoms with Gasteiger partial charge in [0, 0.05) is 42.1 Å². The third kappa shape index (κ3) is 2.97. The van der Waals surface area contributed by atoms with Gasteiger partial charge in [-0.2, -0.15) is 0 Å². The molecule has 1 saturated heterocycles. The zero-order valence-electron chi connectivity index (χ0n) is 13.2. The molecule has 3 nitrogen and oxygen atoms in total. The number of nitrogens with zero attached hydrogens (tertiary/aromatic N) is 2. The molecule has 1 N–H and O–H groups in total. The zero-order chi connectivity index (χ0) is 14.7. The summed E-state index contributed by atoms with van der Waals surface area (Å²) in [6.07, 6.45) is 4.96. The fraction of sp³-hybridized carbons (Fsp3) is 0.500. The molecule has 0 spiro atoms. The molecule has 0 aliphatic carbocycles. The van der Waals surface area contributed by atoms with Crippen LogP contribution < -0.4 is 10.2 Å². The van der Waals surface area contributed by atoms with E-state index < -0.39 is 0 Å². The van der Waals surface area contributed by atoms with Crippen molar-refractivity contribution >= 4 is 22.3 Å². The lowest BCUT2D eigenvalue weighted by molar-refractivity contribution is 0.578. The monoisotopic (exact) mass is 283 g/mol. The number of hydrogen-bond donors (Lipinski definition) is 1. The van der Waals surface area contributed by atoms with Gasteiger partial charge in [-0.15, -0.1) is 0 Å². The van der Waals surface area contributed by atoms with Crippen LogP contribution in [0.25, 0.3) is 10.9 Å². The quantitative estimate of drug-likeness (QED) is 0.910. The molecule has 1 aromatic carbocycles. The smallest absolute Gasteiger partial charge is 0.0727 e. The van der Waals surface area contributed by atoms with Crippen LogP contribution in [0.3, 0.4) is 0 Å². The van der Waals surface area contributed by atoms with Gasteiger partial charge in [0.15, 0.2) is 0 Å². The minimum absolute atomic E-state index is 0.941. The molecule has 1 fully saturated rings. The van der Waals surface area contributed by atoms with Gasteiger partial charge < -0.3 is 10.2 Å². The number of benzene rings is 1. The molecule has 3 rings (SSSR count). The standard InChI is InChI=1S/C18H25N3/c1-3-14-12-18(19-4-2)16-13-15(8-9-17(16)20-14)21-10-6-5-7-11-21/h8-9,12-13H,3-7,10-11H2,1-2H3,(H,19,20). The summed E-state index contributed by atoms with van der Waals surface area (Å²) in [5.74, 6) is 0. The Morgan fingerprint density at radius 1 is 1.10 bits per heavy atom. The van der Waals surface area contributed by atoms with Crippen molar-refractivity contribution in [2.45, 2.75) is 39.5 Å². The minimum atomic E-state index is 0.941. The maximum Gasteiger partial charge on any atom is 0.0727 e. The van der Waals surface area contributed by atoms with Crippen LogP contribution in [0.5, 0.6) is 0 Å². The third-order valence-corrected chi connectivity index (χ3v) is 4.30. The number of nitrogens with one attached hydrogen (secondary N) is 1. The lowest BCUT2D eigenvalue weighted by atomic mass is 10.1. The Kier molecular flexibility index (Phi) is 4.28. The molecule has 3 heteroatoms. The second-order valence-electron chi connectivity index (χ2n) is 5.79. The summed E-state index contributed by atoms with van der Waals surface area (Å²) in [5.41, 5.74) is 4.82. The minimum Gasteiger partial charge on any atom is -0.385 e. The Hall–Kier alpha value is -1.77. The second-order valence-corrected chi connectivity index (χ2v) is 5.79. The Labute approximate surface area is 127 Å². The third-order valence-electron chi connectivity index (χ3n) is 4.30. The fourth-order valence-corrected chi connectivity index (χ4v) is 3.14. The first-order valence-electron chi connectivity index (χ1n) is 8.24. The first-order chi connectivity index (χ1) is 10.3. The summed E-state index contributed by atoms with van der Waals surface area (Å²) in [6, 6.07) is 8.92.